The summed E-state index contributed by atoms with van der Waals surface area (Å²) in [7, 11) is -1.27. The van der Waals surface area contributed by atoms with Gasteiger partial charge >= 0.3 is 6.09 Å². The lowest BCUT2D eigenvalue weighted by Gasteiger charge is -2.44. The lowest BCUT2D eigenvalue weighted by molar-refractivity contribution is -0.136. The predicted molar refractivity (Wildman–Crippen MR) is 148 cm³/mol. The molecule has 210 valence electrons. The number of benzene rings is 2. The van der Waals surface area contributed by atoms with Crippen LogP contribution in [-0.4, -0.2) is 74.1 Å². The Morgan fingerprint density at radius 2 is 1.95 bits per heavy atom. The Labute approximate surface area is 230 Å². The van der Waals surface area contributed by atoms with Crippen molar-refractivity contribution < 1.29 is 33.7 Å². The topological polar surface area (TPSA) is 109 Å². The molecular weight excluding hydrogens is 516 g/mol. The average molecular weight is 555 g/mol. The Balaban J connectivity index is 1.41. The first-order chi connectivity index (χ1) is 18.6. The molecule has 0 aromatic heterocycles. The monoisotopic (exact) mass is 554 g/mol. The molecule has 5 atom stereocenters. The van der Waals surface area contributed by atoms with Gasteiger partial charge in [0.25, 0.3) is 0 Å². The SMILES string of the molecule is CO[C@H]1c2cc(N3CCOC3=O)ccc2O[C@@H](C(CC(=O)N2Cc3ccccc3C[C@H]2CO)[Si](C)(C)O)[C@@H]1C. The standard InChI is InChI=1S/C29H38N2O7Si/c1-18-27(36-2)23-14-21(30-11-12-37-29(30)34)9-10-24(23)38-28(18)25(39(3,4)35)15-26(33)31-16-20-8-6-5-7-19(20)13-22(31)17-32/h5-10,14,18,22,25,27-28,32,35H,11-13,15-17H2,1-4H3/t18-,22+,25?,27-,28-/m1/s1. The third-order valence-electron chi connectivity index (χ3n) is 8.47. The van der Waals surface area contributed by atoms with E-state index in [9.17, 15) is 19.5 Å². The number of methoxy groups -OCH3 is 1. The molecule has 0 saturated carbocycles. The van der Waals surface area contributed by atoms with E-state index in [1.54, 1.807) is 16.9 Å². The summed E-state index contributed by atoms with van der Waals surface area (Å²) in [5.74, 6) is 0.356. The van der Waals surface area contributed by atoms with E-state index in [1.807, 2.05) is 62.5 Å². The highest BCUT2D eigenvalue weighted by Gasteiger charge is 2.48. The zero-order chi connectivity index (χ0) is 27.9. The number of aliphatic hydroxyl groups excluding tert-OH is 1. The highest BCUT2D eigenvalue weighted by Crippen LogP contribution is 2.48. The smallest absolute Gasteiger partial charge is 0.414 e. The van der Waals surface area contributed by atoms with Crippen molar-refractivity contribution in [3.8, 4) is 5.75 Å². The zero-order valence-electron chi connectivity index (χ0n) is 23.0. The molecule has 9 nitrogen and oxygen atoms in total. The van der Waals surface area contributed by atoms with Gasteiger partial charge in [0.1, 0.15) is 18.5 Å². The number of anilines is 1. The van der Waals surface area contributed by atoms with Crippen LogP contribution in [0.15, 0.2) is 42.5 Å². The van der Waals surface area contributed by atoms with Crippen molar-refractivity contribution in [3.63, 3.8) is 0 Å². The first-order valence-electron chi connectivity index (χ1n) is 13.6. The highest BCUT2D eigenvalue weighted by molar-refractivity contribution is 6.71. The Hall–Kier alpha value is -2.92. The molecule has 0 aliphatic carbocycles. The van der Waals surface area contributed by atoms with Gasteiger partial charge in [-0.2, -0.15) is 0 Å². The van der Waals surface area contributed by atoms with Gasteiger partial charge in [-0.1, -0.05) is 31.2 Å². The van der Waals surface area contributed by atoms with Crippen molar-refractivity contribution >= 4 is 26.0 Å². The van der Waals surface area contributed by atoms with Crippen LogP contribution in [0.3, 0.4) is 0 Å². The fourth-order valence-corrected chi connectivity index (χ4v) is 8.13. The molecule has 3 heterocycles. The van der Waals surface area contributed by atoms with Crippen LogP contribution in [0.2, 0.25) is 18.6 Å². The van der Waals surface area contributed by atoms with Crippen molar-refractivity contribution in [2.45, 2.75) is 63.2 Å². The van der Waals surface area contributed by atoms with E-state index in [0.717, 1.165) is 22.4 Å². The quantitative estimate of drug-likeness (QED) is 0.503. The van der Waals surface area contributed by atoms with E-state index in [-0.39, 0.29) is 43.1 Å². The summed E-state index contributed by atoms with van der Waals surface area (Å²) in [5.41, 5.74) is 3.38. The molecule has 39 heavy (non-hydrogen) atoms. The number of amides is 2. The molecule has 5 rings (SSSR count). The van der Waals surface area contributed by atoms with E-state index in [2.05, 4.69) is 0 Å². The van der Waals surface area contributed by atoms with Crippen LogP contribution < -0.4 is 9.64 Å². The Kier molecular flexibility index (Phi) is 7.74. The Morgan fingerprint density at radius 3 is 2.59 bits per heavy atom. The minimum atomic E-state index is -2.91. The number of aliphatic hydroxyl groups is 1. The van der Waals surface area contributed by atoms with Crippen LogP contribution in [0.25, 0.3) is 0 Å². The number of carbonyl (C=O) groups is 2. The largest absolute Gasteiger partial charge is 0.490 e. The number of nitrogens with zero attached hydrogens (tertiary/aromatic N) is 2. The molecule has 2 aromatic rings. The van der Waals surface area contributed by atoms with Crippen molar-refractivity contribution in [1.29, 1.82) is 0 Å². The van der Waals surface area contributed by atoms with Gasteiger partial charge < -0.3 is 29.0 Å². The van der Waals surface area contributed by atoms with Crippen molar-refractivity contribution in [2.24, 2.45) is 5.92 Å². The third kappa shape index (κ3) is 5.30. The van der Waals surface area contributed by atoms with Crippen molar-refractivity contribution in [2.75, 3.05) is 31.8 Å². The van der Waals surface area contributed by atoms with E-state index >= 15 is 0 Å². The number of cyclic esters (lactones) is 1. The molecule has 2 amide bonds. The Bertz CT molecular complexity index is 1230. The summed E-state index contributed by atoms with van der Waals surface area (Å²) in [5, 5.41) is 10.1. The number of rotatable bonds is 7. The van der Waals surface area contributed by atoms with E-state index in [1.165, 1.54) is 0 Å². The molecule has 10 heteroatoms. The van der Waals surface area contributed by atoms with Crippen LogP contribution in [0.4, 0.5) is 10.5 Å². The zero-order valence-corrected chi connectivity index (χ0v) is 24.0. The molecule has 0 radical (unpaired) electrons. The fourth-order valence-electron chi connectivity index (χ4n) is 6.28. The minimum absolute atomic E-state index is 0.0957. The second kappa shape index (κ2) is 10.9. The average Bonchev–Trinajstić information content (AvgIpc) is 3.35. The molecule has 0 spiro atoms. The molecule has 3 aliphatic heterocycles. The lowest BCUT2D eigenvalue weighted by Crippen LogP contribution is -2.52. The van der Waals surface area contributed by atoms with Crippen LogP contribution in [0.5, 0.6) is 5.75 Å². The maximum absolute atomic E-state index is 13.8. The second-order valence-corrected chi connectivity index (χ2v) is 15.4. The predicted octanol–water partition coefficient (Wildman–Crippen LogP) is 3.63. The second-order valence-electron chi connectivity index (χ2n) is 11.4. The van der Waals surface area contributed by atoms with Gasteiger partial charge in [0.15, 0.2) is 8.32 Å². The fraction of sp³-hybridized carbons (Fsp3) is 0.517. The third-order valence-corrected chi connectivity index (χ3v) is 10.8. The van der Waals surface area contributed by atoms with Crippen LogP contribution >= 0.6 is 0 Å². The summed E-state index contributed by atoms with van der Waals surface area (Å²) in [6.45, 7) is 6.86. The van der Waals surface area contributed by atoms with Crippen molar-refractivity contribution in [1.82, 2.24) is 4.90 Å². The number of ether oxygens (including phenoxy) is 3. The van der Waals surface area contributed by atoms with E-state index in [4.69, 9.17) is 14.2 Å². The van der Waals surface area contributed by atoms with E-state index in [0.29, 0.717) is 31.9 Å². The maximum Gasteiger partial charge on any atom is 0.414 e. The number of hydrogen-bond acceptors (Lipinski definition) is 7. The molecule has 2 aromatic carbocycles. The van der Waals surface area contributed by atoms with Gasteiger partial charge in [0.05, 0.1) is 25.3 Å². The van der Waals surface area contributed by atoms with Gasteiger partial charge in [-0.3, -0.25) is 9.69 Å². The van der Waals surface area contributed by atoms with Gasteiger partial charge in [-0.25, -0.2) is 4.79 Å². The summed E-state index contributed by atoms with van der Waals surface area (Å²) < 4.78 is 17.6. The molecule has 1 unspecified atom stereocenters. The highest BCUT2D eigenvalue weighted by atomic mass is 28.4. The minimum Gasteiger partial charge on any atom is -0.490 e. The van der Waals surface area contributed by atoms with Gasteiger partial charge in [0.2, 0.25) is 5.91 Å². The van der Waals surface area contributed by atoms with Crippen LogP contribution in [0, 0.1) is 5.92 Å². The molecule has 0 bridgehead atoms. The molecule has 1 saturated heterocycles. The summed E-state index contributed by atoms with van der Waals surface area (Å²) >= 11 is 0. The van der Waals surface area contributed by atoms with Gasteiger partial charge in [0, 0.05) is 42.8 Å². The molecular formula is C29H38N2O7Si. The summed E-state index contributed by atoms with van der Waals surface area (Å²) in [4.78, 5) is 40.7. The normalized spacial score (nSPS) is 25.4. The Morgan fingerprint density at radius 1 is 1.21 bits per heavy atom. The first kappa shape index (κ1) is 27.6. The summed E-state index contributed by atoms with van der Waals surface area (Å²) in [6, 6.07) is 13.3. The van der Waals surface area contributed by atoms with Crippen LogP contribution in [-0.2, 0) is 27.2 Å². The number of fused-ring (bicyclic) bond motifs is 2. The van der Waals surface area contributed by atoms with E-state index < -0.39 is 20.0 Å². The molecule has 3 aliphatic rings. The van der Waals surface area contributed by atoms with Crippen LogP contribution in [0.1, 0.15) is 36.1 Å². The molecule has 2 N–H and O–H groups in total. The lowest BCUT2D eigenvalue weighted by atomic mass is 9.86. The molecule has 1 fully saturated rings. The maximum atomic E-state index is 13.8. The van der Waals surface area contributed by atoms with Gasteiger partial charge in [-0.05, 0) is 48.8 Å². The number of hydrogen-bond donors (Lipinski definition) is 2. The van der Waals surface area contributed by atoms with Crippen molar-refractivity contribution in [3.05, 3.63) is 59.2 Å². The van der Waals surface area contributed by atoms with Gasteiger partial charge in [-0.15, -0.1) is 0 Å². The first-order valence-corrected chi connectivity index (χ1v) is 16.6. The number of carbonyl (C=O) groups excluding carboxylic acids is 2. The summed E-state index contributed by atoms with van der Waals surface area (Å²) in [6.07, 6.45) is -0.457.